The van der Waals surface area contributed by atoms with Gasteiger partial charge in [-0.2, -0.15) is 0 Å². The van der Waals surface area contributed by atoms with Crippen molar-refractivity contribution >= 4 is 28.6 Å². The van der Waals surface area contributed by atoms with Crippen LogP contribution >= 0.6 is 11.8 Å². The number of thioether (sulfide) groups is 1. The normalized spacial score (nSPS) is 15.2. The van der Waals surface area contributed by atoms with Crippen LogP contribution in [0.15, 0.2) is 24.3 Å². The summed E-state index contributed by atoms with van der Waals surface area (Å²) in [5.41, 5.74) is 0.836. The van der Waals surface area contributed by atoms with Crippen molar-refractivity contribution in [3.63, 3.8) is 0 Å². The van der Waals surface area contributed by atoms with Crippen molar-refractivity contribution < 1.29 is 14.3 Å². The molecular formula is C11H12N2O3S. The highest BCUT2D eigenvalue weighted by Gasteiger charge is 2.29. The predicted molar refractivity (Wildman–Crippen MR) is 66.2 cm³/mol. The second-order valence-electron chi connectivity index (χ2n) is 3.44. The zero-order valence-corrected chi connectivity index (χ0v) is 10.1. The molecule has 1 saturated heterocycles. The standard InChI is InChI=1S/C11H12N2O3S/c1-16-9-4-2-8(3-5-9)12-7-13-10(14)6-17-11(13)15/h2-5,12H,6-7H2,1H3. The van der Waals surface area contributed by atoms with Crippen molar-refractivity contribution in [2.45, 2.75) is 0 Å². The van der Waals surface area contributed by atoms with E-state index in [1.807, 2.05) is 24.3 Å². The molecule has 0 atom stereocenters. The van der Waals surface area contributed by atoms with Crippen molar-refractivity contribution in [2.24, 2.45) is 0 Å². The van der Waals surface area contributed by atoms with Crippen LogP contribution in [0.2, 0.25) is 0 Å². The van der Waals surface area contributed by atoms with Gasteiger partial charge in [0.15, 0.2) is 0 Å². The minimum absolute atomic E-state index is 0.152. The molecule has 0 bridgehead atoms. The van der Waals surface area contributed by atoms with Gasteiger partial charge in [-0.25, -0.2) is 0 Å². The van der Waals surface area contributed by atoms with E-state index in [1.165, 1.54) is 4.90 Å². The van der Waals surface area contributed by atoms with Gasteiger partial charge in [0.1, 0.15) is 5.75 Å². The van der Waals surface area contributed by atoms with Crippen molar-refractivity contribution in [3.05, 3.63) is 24.3 Å². The molecule has 0 aliphatic carbocycles. The largest absolute Gasteiger partial charge is 0.497 e. The summed E-state index contributed by atoms with van der Waals surface area (Å²) in [4.78, 5) is 23.8. The number of ether oxygens (including phenoxy) is 1. The number of rotatable bonds is 4. The lowest BCUT2D eigenvalue weighted by atomic mass is 10.3. The van der Waals surface area contributed by atoms with Gasteiger partial charge in [0, 0.05) is 5.69 Å². The van der Waals surface area contributed by atoms with E-state index in [-0.39, 0.29) is 23.6 Å². The van der Waals surface area contributed by atoms with Crippen LogP contribution in [0.5, 0.6) is 5.75 Å². The number of hydrogen-bond donors (Lipinski definition) is 1. The number of carbonyl (C=O) groups is 2. The summed E-state index contributed by atoms with van der Waals surface area (Å²) >= 11 is 1.03. The van der Waals surface area contributed by atoms with Gasteiger partial charge in [0.25, 0.3) is 5.24 Å². The monoisotopic (exact) mass is 252 g/mol. The zero-order chi connectivity index (χ0) is 12.3. The average Bonchev–Trinajstić information content (AvgIpc) is 2.67. The van der Waals surface area contributed by atoms with E-state index < -0.39 is 0 Å². The first-order chi connectivity index (χ1) is 8.20. The van der Waals surface area contributed by atoms with Crippen LogP contribution < -0.4 is 10.1 Å². The Hall–Kier alpha value is -1.69. The van der Waals surface area contributed by atoms with Crippen LogP contribution in [-0.2, 0) is 4.79 Å². The smallest absolute Gasteiger partial charge is 0.290 e. The Morgan fingerprint density at radius 3 is 2.59 bits per heavy atom. The van der Waals surface area contributed by atoms with Gasteiger partial charge in [-0.05, 0) is 24.3 Å². The molecule has 0 unspecified atom stereocenters. The van der Waals surface area contributed by atoms with E-state index in [0.29, 0.717) is 0 Å². The molecule has 1 N–H and O–H groups in total. The van der Waals surface area contributed by atoms with Gasteiger partial charge in [-0.3, -0.25) is 14.5 Å². The molecule has 17 heavy (non-hydrogen) atoms. The summed E-state index contributed by atoms with van der Waals surface area (Å²) in [5, 5.41) is 2.82. The third-order valence-electron chi connectivity index (χ3n) is 2.37. The fourth-order valence-electron chi connectivity index (χ4n) is 1.41. The molecule has 0 spiro atoms. The van der Waals surface area contributed by atoms with E-state index >= 15 is 0 Å². The Kier molecular flexibility index (Phi) is 3.53. The molecule has 1 aliphatic rings. The number of imide groups is 1. The minimum atomic E-state index is -0.198. The molecule has 2 rings (SSSR count). The lowest BCUT2D eigenvalue weighted by Gasteiger charge is -2.14. The fourth-order valence-corrected chi connectivity index (χ4v) is 2.14. The first kappa shape index (κ1) is 11.8. The number of nitrogens with zero attached hydrogens (tertiary/aromatic N) is 1. The summed E-state index contributed by atoms with van der Waals surface area (Å²) in [5.74, 6) is 0.851. The summed E-state index contributed by atoms with van der Waals surface area (Å²) in [6.07, 6.45) is 0. The molecule has 90 valence electrons. The predicted octanol–water partition coefficient (Wildman–Crippen LogP) is 1.76. The lowest BCUT2D eigenvalue weighted by Crippen LogP contribution is -2.33. The topological polar surface area (TPSA) is 58.6 Å². The second-order valence-corrected chi connectivity index (χ2v) is 4.37. The van der Waals surface area contributed by atoms with Gasteiger partial charge < -0.3 is 10.1 Å². The number of benzene rings is 1. The number of amides is 2. The number of nitrogens with one attached hydrogen (secondary N) is 1. The van der Waals surface area contributed by atoms with Crippen LogP contribution in [0, 0.1) is 0 Å². The third-order valence-corrected chi connectivity index (χ3v) is 3.23. The maximum atomic E-state index is 11.3. The molecule has 6 heteroatoms. The maximum absolute atomic E-state index is 11.3. The second kappa shape index (κ2) is 5.09. The highest BCUT2D eigenvalue weighted by molar-refractivity contribution is 8.14. The SMILES string of the molecule is COc1ccc(NCN2C(=O)CSC2=O)cc1. The Morgan fingerprint density at radius 1 is 1.35 bits per heavy atom. The van der Waals surface area contributed by atoms with E-state index in [2.05, 4.69) is 5.32 Å². The van der Waals surface area contributed by atoms with Crippen LogP contribution in [0.4, 0.5) is 10.5 Å². The van der Waals surface area contributed by atoms with Crippen LogP contribution in [0.1, 0.15) is 0 Å². The van der Waals surface area contributed by atoms with Crippen molar-refractivity contribution in [1.29, 1.82) is 0 Å². The first-order valence-corrected chi connectivity index (χ1v) is 6.04. The Morgan fingerprint density at radius 2 is 2.06 bits per heavy atom. The Labute approximate surface area is 103 Å². The molecule has 0 aromatic heterocycles. The lowest BCUT2D eigenvalue weighted by molar-refractivity contribution is -0.124. The van der Waals surface area contributed by atoms with Crippen molar-refractivity contribution in [2.75, 3.05) is 24.8 Å². The van der Waals surface area contributed by atoms with Gasteiger partial charge in [-0.15, -0.1) is 0 Å². The highest BCUT2D eigenvalue weighted by Crippen LogP contribution is 2.19. The molecule has 1 fully saturated rings. The molecule has 1 aromatic carbocycles. The molecule has 0 radical (unpaired) electrons. The molecule has 5 nitrogen and oxygen atoms in total. The molecule has 0 saturated carbocycles. The van der Waals surface area contributed by atoms with E-state index in [1.54, 1.807) is 7.11 Å². The van der Waals surface area contributed by atoms with Crippen molar-refractivity contribution in [1.82, 2.24) is 4.90 Å². The Bertz CT molecular complexity index is 417. The van der Waals surface area contributed by atoms with Crippen LogP contribution in [0.25, 0.3) is 0 Å². The van der Waals surface area contributed by atoms with Gasteiger partial charge in [-0.1, -0.05) is 11.8 Å². The summed E-state index contributed by atoms with van der Waals surface area (Å²) in [6, 6.07) is 7.28. The van der Waals surface area contributed by atoms with Crippen molar-refractivity contribution in [3.8, 4) is 5.75 Å². The summed E-state index contributed by atoms with van der Waals surface area (Å²) < 4.78 is 5.03. The maximum Gasteiger partial charge on any atom is 0.290 e. The quantitative estimate of drug-likeness (QED) is 0.884. The van der Waals surface area contributed by atoms with Gasteiger partial charge in [0.2, 0.25) is 5.91 Å². The zero-order valence-electron chi connectivity index (χ0n) is 9.30. The molecule has 2 amide bonds. The van der Waals surface area contributed by atoms with Gasteiger partial charge in [0.05, 0.1) is 19.5 Å². The minimum Gasteiger partial charge on any atom is -0.497 e. The number of hydrogen-bond acceptors (Lipinski definition) is 5. The van der Waals surface area contributed by atoms with E-state index in [0.717, 1.165) is 23.2 Å². The van der Waals surface area contributed by atoms with E-state index in [9.17, 15) is 9.59 Å². The Balaban J connectivity index is 1.93. The highest BCUT2D eigenvalue weighted by atomic mass is 32.2. The summed E-state index contributed by atoms with van der Waals surface area (Å²) in [6.45, 7) is 0.205. The average molecular weight is 252 g/mol. The number of carbonyl (C=O) groups excluding carboxylic acids is 2. The van der Waals surface area contributed by atoms with Gasteiger partial charge >= 0.3 is 0 Å². The molecule has 1 heterocycles. The van der Waals surface area contributed by atoms with E-state index in [4.69, 9.17) is 4.74 Å². The van der Waals surface area contributed by atoms with Crippen LogP contribution in [-0.4, -0.2) is 35.6 Å². The molecular weight excluding hydrogens is 240 g/mol. The summed E-state index contributed by atoms with van der Waals surface area (Å²) in [7, 11) is 1.60. The third kappa shape index (κ3) is 2.71. The molecule has 1 aliphatic heterocycles. The number of methoxy groups -OCH3 is 1. The van der Waals surface area contributed by atoms with Crippen LogP contribution in [0.3, 0.4) is 0 Å². The molecule has 1 aromatic rings. The first-order valence-electron chi connectivity index (χ1n) is 5.06. The fraction of sp³-hybridized carbons (Fsp3) is 0.273. The number of anilines is 1.